The van der Waals surface area contributed by atoms with Gasteiger partial charge in [0.15, 0.2) is 0 Å². The van der Waals surface area contributed by atoms with Gasteiger partial charge in [0.05, 0.1) is 0 Å². The molecular weight excluding hydrogens is 615 g/mol. The van der Waals surface area contributed by atoms with Gasteiger partial charge in [-0.15, -0.1) is 0 Å². The Bertz CT molecular complexity index is 1290. The SMILES string of the molecule is Cc1cccc(CNCCCN)c1-c1ccc(-c2cccc(CNCCCCCCCCCCCCN)c2)c(CNCCCNCCCN)c1. The maximum absolute atomic E-state index is 5.74. The van der Waals surface area contributed by atoms with E-state index in [4.69, 9.17) is 17.2 Å². The summed E-state index contributed by atoms with van der Waals surface area (Å²) in [4.78, 5) is 0. The molecule has 0 spiro atoms. The zero-order chi connectivity index (χ0) is 35.5. The molecule has 0 aliphatic heterocycles. The van der Waals surface area contributed by atoms with Crippen molar-refractivity contribution in [2.24, 2.45) is 17.2 Å². The molecule has 0 unspecified atom stereocenters. The lowest BCUT2D eigenvalue weighted by atomic mass is 9.90. The second-order valence-electron chi connectivity index (χ2n) is 13.9. The second kappa shape index (κ2) is 27.1. The lowest BCUT2D eigenvalue weighted by molar-refractivity contribution is 0.541. The number of aryl methyl sites for hydroxylation is 1. The molecular formula is C43H71N7. The molecule has 7 nitrogen and oxygen atoms in total. The van der Waals surface area contributed by atoms with E-state index in [2.05, 4.69) is 88.9 Å². The predicted octanol–water partition coefficient (Wildman–Crippen LogP) is 7.13. The van der Waals surface area contributed by atoms with E-state index < -0.39 is 0 Å². The fraction of sp³-hybridized carbons (Fsp3) is 0.581. The van der Waals surface area contributed by atoms with Crippen molar-refractivity contribution in [1.29, 1.82) is 0 Å². The smallest absolute Gasteiger partial charge is 0.0211 e. The molecule has 0 radical (unpaired) electrons. The minimum absolute atomic E-state index is 0.712. The lowest BCUT2D eigenvalue weighted by Gasteiger charge is -2.18. The molecule has 0 bridgehead atoms. The first-order chi connectivity index (χ1) is 24.7. The Kier molecular flexibility index (Phi) is 22.6. The summed E-state index contributed by atoms with van der Waals surface area (Å²) in [7, 11) is 0. The molecule has 7 heteroatoms. The third kappa shape index (κ3) is 16.6. The molecule has 50 heavy (non-hydrogen) atoms. The van der Waals surface area contributed by atoms with Crippen LogP contribution in [0.25, 0.3) is 22.3 Å². The zero-order valence-corrected chi connectivity index (χ0v) is 31.5. The van der Waals surface area contributed by atoms with Crippen LogP contribution >= 0.6 is 0 Å². The maximum atomic E-state index is 5.74. The van der Waals surface area contributed by atoms with E-state index in [0.29, 0.717) is 6.54 Å². The molecule has 3 aromatic rings. The average Bonchev–Trinajstić information content (AvgIpc) is 3.13. The lowest BCUT2D eigenvalue weighted by Crippen LogP contribution is -2.23. The van der Waals surface area contributed by atoms with E-state index in [0.717, 1.165) is 84.7 Å². The zero-order valence-electron chi connectivity index (χ0n) is 31.5. The minimum Gasteiger partial charge on any atom is -0.330 e. The minimum atomic E-state index is 0.712. The molecule has 278 valence electrons. The first kappa shape index (κ1) is 41.8. The summed E-state index contributed by atoms with van der Waals surface area (Å²) in [6.45, 7) is 12.1. The van der Waals surface area contributed by atoms with Gasteiger partial charge in [-0.25, -0.2) is 0 Å². The van der Waals surface area contributed by atoms with E-state index in [-0.39, 0.29) is 0 Å². The van der Waals surface area contributed by atoms with Crippen LogP contribution in [-0.4, -0.2) is 52.4 Å². The summed E-state index contributed by atoms with van der Waals surface area (Å²) in [5.74, 6) is 0. The van der Waals surface area contributed by atoms with Crippen LogP contribution < -0.4 is 38.5 Å². The molecule has 0 aromatic heterocycles. The van der Waals surface area contributed by atoms with Gasteiger partial charge in [-0.1, -0.05) is 99.9 Å². The summed E-state index contributed by atoms with van der Waals surface area (Å²) >= 11 is 0. The number of rotatable bonds is 30. The van der Waals surface area contributed by atoms with Crippen LogP contribution in [0.5, 0.6) is 0 Å². The number of nitrogens with one attached hydrogen (secondary N) is 4. The second-order valence-corrected chi connectivity index (χ2v) is 13.9. The molecule has 0 aliphatic carbocycles. The normalized spacial score (nSPS) is 11.4. The average molecular weight is 686 g/mol. The molecule has 0 saturated carbocycles. The summed E-state index contributed by atoms with van der Waals surface area (Å²) in [6.07, 6.45) is 16.4. The number of nitrogens with two attached hydrogens (primary N) is 3. The molecule has 0 amide bonds. The van der Waals surface area contributed by atoms with Crippen molar-refractivity contribution in [2.45, 2.75) is 110 Å². The monoisotopic (exact) mass is 686 g/mol. The van der Waals surface area contributed by atoms with Gasteiger partial charge >= 0.3 is 0 Å². The van der Waals surface area contributed by atoms with Crippen molar-refractivity contribution < 1.29 is 0 Å². The Morgan fingerprint density at radius 1 is 0.440 bits per heavy atom. The summed E-state index contributed by atoms with van der Waals surface area (Å²) in [6, 6.07) is 22.8. The van der Waals surface area contributed by atoms with E-state index >= 15 is 0 Å². The van der Waals surface area contributed by atoms with Crippen molar-refractivity contribution >= 4 is 0 Å². The van der Waals surface area contributed by atoms with Gasteiger partial charge in [0.2, 0.25) is 0 Å². The molecule has 0 fully saturated rings. The summed E-state index contributed by atoms with van der Waals surface area (Å²) in [5, 5.41) is 14.6. The Morgan fingerprint density at radius 3 is 1.72 bits per heavy atom. The molecule has 0 atom stereocenters. The fourth-order valence-corrected chi connectivity index (χ4v) is 6.72. The number of hydrogen-bond donors (Lipinski definition) is 7. The first-order valence-corrected chi connectivity index (χ1v) is 19.9. The molecule has 0 heterocycles. The predicted molar refractivity (Wildman–Crippen MR) is 217 cm³/mol. The van der Waals surface area contributed by atoms with Crippen molar-refractivity contribution in [3.05, 3.63) is 82.9 Å². The Balaban J connectivity index is 1.61. The van der Waals surface area contributed by atoms with Gasteiger partial charge in [-0.05, 0) is 148 Å². The van der Waals surface area contributed by atoms with Crippen molar-refractivity contribution in [1.82, 2.24) is 21.3 Å². The summed E-state index contributed by atoms with van der Waals surface area (Å²) < 4.78 is 0. The number of hydrogen-bond acceptors (Lipinski definition) is 7. The highest BCUT2D eigenvalue weighted by Crippen LogP contribution is 2.33. The quantitative estimate of drug-likeness (QED) is 0.0372. The van der Waals surface area contributed by atoms with Crippen LogP contribution in [0.15, 0.2) is 60.7 Å². The van der Waals surface area contributed by atoms with Gasteiger partial charge in [-0.3, -0.25) is 0 Å². The standard InChI is InChI=1S/C43H71N7/c1-36-17-12-20-40(34-49-28-15-25-46)43(36)39-21-22-42(41(32-39)35-50-30-16-29-47-27-14-24-45)38-19-13-18-37(31-38)33-48-26-11-9-7-5-3-2-4-6-8-10-23-44/h12-13,17-22,31-32,47-50H,2-11,14-16,23-30,33-35,44-46H2,1H3. The van der Waals surface area contributed by atoms with Gasteiger partial charge in [0.1, 0.15) is 0 Å². The Hall–Kier alpha value is -2.62. The topological polar surface area (TPSA) is 126 Å². The highest BCUT2D eigenvalue weighted by molar-refractivity contribution is 5.77. The third-order valence-electron chi connectivity index (χ3n) is 9.58. The molecule has 3 aromatic carbocycles. The van der Waals surface area contributed by atoms with Crippen LogP contribution in [-0.2, 0) is 19.6 Å². The highest BCUT2D eigenvalue weighted by atomic mass is 14.9. The Labute approximate surface area is 305 Å². The fourth-order valence-electron chi connectivity index (χ4n) is 6.72. The largest absolute Gasteiger partial charge is 0.330 e. The van der Waals surface area contributed by atoms with E-state index in [1.807, 2.05) is 0 Å². The van der Waals surface area contributed by atoms with E-state index in [1.165, 1.54) is 109 Å². The van der Waals surface area contributed by atoms with Gasteiger partial charge in [-0.2, -0.15) is 0 Å². The maximum Gasteiger partial charge on any atom is 0.0211 e. The van der Waals surface area contributed by atoms with Crippen LogP contribution in [0.3, 0.4) is 0 Å². The van der Waals surface area contributed by atoms with Crippen molar-refractivity contribution in [2.75, 3.05) is 52.4 Å². The first-order valence-electron chi connectivity index (χ1n) is 19.9. The van der Waals surface area contributed by atoms with Crippen LogP contribution in [0.1, 0.15) is 106 Å². The van der Waals surface area contributed by atoms with E-state index in [9.17, 15) is 0 Å². The van der Waals surface area contributed by atoms with Crippen molar-refractivity contribution in [3.63, 3.8) is 0 Å². The number of unbranched alkanes of at least 4 members (excludes halogenated alkanes) is 9. The van der Waals surface area contributed by atoms with Crippen molar-refractivity contribution in [3.8, 4) is 22.3 Å². The Morgan fingerprint density at radius 2 is 1.00 bits per heavy atom. The van der Waals surface area contributed by atoms with E-state index in [1.54, 1.807) is 0 Å². The summed E-state index contributed by atoms with van der Waals surface area (Å²) in [5.41, 5.74) is 27.5. The van der Waals surface area contributed by atoms with Gasteiger partial charge in [0.25, 0.3) is 0 Å². The van der Waals surface area contributed by atoms with Crippen LogP contribution in [0.4, 0.5) is 0 Å². The molecule has 10 N–H and O–H groups in total. The van der Waals surface area contributed by atoms with Crippen LogP contribution in [0.2, 0.25) is 0 Å². The number of benzene rings is 3. The molecule has 0 aliphatic rings. The van der Waals surface area contributed by atoms with Crippen LogP contribution in [0, 0.1) is 6.92 Å². The van der Waals surface area contributed by atoms with Gasteiger partial charge < -0.3 is 38.5 Å². The molecule has 0 saturated heterocycles. The highest BCUT2D eigenvalue weighted by Gasteiger charge is 2.13. The molecule has 3 rings (SSSR count). The van der Waals surface area contributed by atoms with Gasteiger partial charge in [0, 0.05) is 19.6 Å². The third-order valence-corrected chi connectivity index (χ3v) is 9.58.